The molecule has 1 atom stereocenters. The van der Waals surface area contributed by atoms with Gasteiger partial charge in [0.1, 0.15) is 17.1 Å². The molecular weight excluding hydrogens is 510 g/mol. The average Bonchev–Trinajstić information content (AvgIpc) is 3.32. The van der Waals surface area contributed by atoms with Gasteiger partial charge >= 0.3 is 6.09 Å². The molecule has 0 aliphatic carbocycles. The number of piperidine rings is 1. The Balaban J connectivity index is 1.66. The molecule has 3 amide bonds. The van der Waals surface area contributed by atoms with Gasteiger partial charge in [0, 0.05) is 30.9 Å². The van der Waals surface area contributed by atoms with E-state index in [0.29, 0.717) is 41.4 Å². The molecule has 4 rings (SSSR count). The molecule has 1 unspecified atom stereocenters. The van der Waals surface area contributed by atoms with Crippen molar-refractivity contribution in [1.29, 1.82) is 0 Å². The SMILES string of the molecule is CCc1ccnc(NC(=O)c2ccc(-c3nc(C4CCCCN4C(=O)OC(C)(C)C)n(NC)c3C(N)=O)cc2)c1. The van der Waals surface area contributed by atoms with E-state index in [1.807, 2.05) is 39.8 Å². The van der Waals surface area contributed by atoms with Crippen LogP contribution in [0.15, 0.2) is 42.6 Å². The van der Waals surface area contributed by atoms with E-state index in [-0.39, 0.29) is 11.6 Å². The molecule has 3 heterocycles. The summed E-state index contributed by atoms with van der Waals surface area (Å²) in [4.78, 5) is 49.3. The van der Waals surface area contributed by atoms with Gasteiger partial charge < -0.3 is 21.2 Å². The van der Waals surface area contributed by atoms with Gasteiger partial charge in [0.2, 0.25) is 0 Å². The lowest BCUT2D eigenvalue weighted by molar-refractivity contribution is 0.00817. The van der Waals surface area contributed by atoms with Crippen molar-refractivity contribution in [3.8, 4) is 11.3 Å². The zero-order valence-electron chi connectivity index (χ0n) is 23.7. The summed E-state index contributed by atoms with van der Waals surface area (Å²) in [5.74, 6) is -0.0186. The second-order valence-corrected chi connectivity index (χ2v) is 10.7. The molecule has 0 radical (unpaired) electrons. The van der Waals surface area contributed by atoms with E-state index in [0.717, 1.165) is 24.8 Å². The number of nitrogens with two attached hydrogens (primary N) is 1. The molecule has 1 aromatic carbocycles. The zero-order valence-corrected chi connectivity index (χ0v) is 23.7. The molecule has 11 heteroatoms. The van der Waals surface area contributed by atoms with Gasteiger partial charge in [-0.2, -0.15) is 0 Å². The van der Waals surface area contributed by atoms with Crippen LogP contribution >= 0.6 is 0 Å². The van der Waals surface area contributed by atoms with E-state index in [9.17, 15) is 14.4 Å². The Kier molecular flexibility index (Phi) is 8.41. The number of nitrogens with zero attached hydrogens (tertiary/aromatic N) is 4. The fourth-order valence-corrected chi connectivity index (χ4v) is 4.79. The van der Waals surface area contributed by atoms with Crippen molar-refractivity contribution in [3.05, 3.63) is 65.2 Å². The third-order valence-electron chi connectivity index (χ3n) is 6.68. The van der Waals surface area contributed by atoms with Crippen molar-refractivity contribution in [1.82, 2.24) is 19.5 Å². The van der Waals surface area contributed by atoms with Gasteiger partial charge in [-0.1, -0.05) is 19.1 Å². The summed E-state index contributed by atoms with van der Waals surface area (Å²) in [6.07, 6.45) is 4.45. The molecule has 0 spiro atoms. The van der Waals surface area contributed by atoms with Crippen LogP contribution in [0.25, 0.3) is 11.3 Å². The Morgan fingerprint density at radius 1 is 1.12 bits per heavy atom. The summed E-state index contributed by atoms with van der Waals surface area (Å²) in [5, 5.41) is 2.82. The summed E-state index contributed by atoms with van der Waals surface area (Å²) in [6, 6.07) is 10.1. The number of nitrogens with one attached hydrogen (secondary N) is 2. The molecule has 1 aliphatic rings. The predicted octanol–water partition coefficient (Wildman–Crippen LogP) is 4.49. The van der Waals surface area contributed by atoms with E-state index >= 15 is 0 Å². The van der Waals surface area contributed by atoms with Crippen molar-refractivity contribution < 1.29 is 19.1 Å². The van der Waals surface area contributed by atoms with Crippen LogP contribution in [0.1, 0.15) is 85.2 Å². The Hall–Kier alpha value is -4.41. The number of amides is 3. The molecule has 2 aromatic heterocycles. The first-order chi connectivity index (χ1) is 19.0. The third-order valence-corrected chi connectivity index (χ3v) is 6.68. The summed E-state index contributed by atoms with van der Waals surface area (Å²) in [5.41, 5.74) is 10.8. The van der Waals surface area contributed by atoms with Gasteiger partial charge in [0.25, 0.3) is 11.8 Å². The highest BCUT2D eigenvalue weighted by atomic mass is 16.6. The molecule has 4 N–H and O–H groups in total. The van der Waals surface area contributed by atoms with Crippen molar-refractivity contribution in [3.63, 3.8) is 0 Å². The van der Waals surface area contributed by atoms with Crippen LogP contribution in [0.5, 0.6) is 0 Å². The molecule has 1 aliphatic heterocycles. The van der Waals surface area contributed by atoms with Crippen LogP contribution in [-0.4, -0.2) is 56.6 Å². The largest absolute Gasteiger partial charge is 0.444 e. The maximum absolute atomic E-state index is 13.1. The quantitative estimate of drug-likeness (QED) is 0.395. The highest BCUT2D eigenvalue weighted by molar-refractivity contribution is 6.04. The summed E-state index contributed by atoms with van der Waals surface area (Å²) in [7, 11) is 1.66. The van der Waals surface area contributed by atoms with Crippen molar-refractivity contribution in [2.24, 2.45) is 5.73 Å². The number of pyridine rings is 1. The number of benzene rings is 1. The van der Waals surface area contributed by atoms with Gasteiger partial charge in [-0.3, -0.25) is 14.5 Å². The fourth-order valence-electron chi connectivity index (χ4n) is 4.79. The van der Waals surface area contributed by atoms with Crippen molar-refractivity contribution in [2.45, 2.75) is 65.0 Å². The lowest BCUT2D eigenvalue weighted by Crippen LogP contribution is -2.43. The number of ether oxygens (including phenoxy) is 1. The Labute approximate surface area is 234 Å². The van der Waals surface area contributed by atoms with E-state index in [1.54, 1.807) is 42.4 Å². The van der Waals surface area contributed by atoms with Gasteiger partial charge in [-0.25, -0.2) is 19.4 Å². The highest BCUT2D eigenvalue weighted by Gasteiger charge is 2.36. The fraction of sp³-hybridized carbons (Fsp3) is 0.414. The average molecular weight is 548 g/mol. The number of anilines is 1. The van der Waals surface area contributed by atoms with Gasteiger partial charge in [-0.15, -0.1) is 0 Å². The minimum Gasteiger partial charge on any atom is -0.444 e. The number of rotatable bonds is 7. The molecule has 1 saturated heterocycles. The van der Waals surface area contributed by atoms with Crippen LogP contribution in [0.2, 0.25) is 0 Å². The number of carbonyl (C=O) groups is 3. The number of carbonyl (C=O) groups excluding carboxylic acids is 3. The molecule has 11 nitrogen and oxygen atoms in total. The first-order valence-electron chi connectivity index (χ1n) is 13.5. The van der Waals surface area contributed by atoms with Crippen LogP contribution < -0.4 is 16.5 Å². The highest BCUT2D eigenvalue weighted by Crippen LogP contribution is 2.35. The number of hydrogen-bond acceptors (Lipinski definition) is 7. The lowest BCUT2D eigenvalue weighted by Gasteiger charge is -2.36. The third kappa shape index (κ3) is 6.24. The molecule has 1 fully saturated rings. The molecular formula is C29H37N7O4. The van der Waals surface area contributed by atoms with Gasteiger partial charge in [0.15, 0.2) is 11.5 Å². The van der Waals surface area contributed by atoms with Gasteiger partial charge in [0.05, 0.1) is 6.04 Å². The Bertz CT molecular complexity index is 1390. The second kappa shape index (κ2) is 11.8. The first-order valence-corrected chi connectivity index (χ1v) is 13.5. The smallest absolute Gasteiger partial charge is 0.410 e. The maximum Gasteiger partial charge on any atom is 0.410 e. The maximum atomic E-state index is 13.1. The molecule has 212 valence electrons. The van der Waals surface area contributed by atoms with E-state index in [1.165, 1.54) is 4.68 Å². The predicted molar refractivity (Wildman–Crippen MR) is 153 cm³/mol. The van der Waals surface area contributed by atoms with Crippen LogP contribution in [0.3, 0.4) is 0 Å². The molecule has 3 aromatic rings. The summed E-state index contributed by atoms with van der Waals surface area (Å²) < 4.78 is 7.20. The van der Waals surface area contributed by atoms with Crippen LogP contribution in [-0.2, 0) is 11.2 Å². The number of aryl methyl sites for hydroxylation is 1. The van der Waals surface area contributed by atoms with Gasteiger partial charge in [-0.05, 0) is 76.3 Å². The van der Waals surface area contributed by atoms with Crippen LogP contribution in [0, 0.1) is 0 Å². The zero-order chi connectivity index (χ0) is 29.0. The minimum atomic E-state index is -0.675. The topological polar surface area (TPSA) is 144 Å². The number of aromatic nitrogens is 3. The Morgan fingerprint density at radius 3 is 2.48 bits per heavy atom. The standard InChI is InChI=1S/C29H37N7O4/c1-6-18-14-15-32-22(17-18)33-27(38)20-12-10-19(11-13-20)23-24(25(30)37)36(31-5)26(34-23)21-9-7-8-16-35(21)28(39)40-29(2,3)4/h10-15,17,21,31H,6-9,16H2,1-5H3,(H2,30,37)(H,32,33,38). The molecule has 0 saturated carbocycles. The monoisotopic (exact) mass is 547 g/mol. The second-order valence-electron chi connectivity index (χ2n) is 10.7. The molecule has 0 bridgehead atoms. The first kappa shape index (κ1) is 28.6. The van der Waals surface area contributed by atoms with Crippen LogP contribution in [0.4, 0.5) is 10.6 Å². The normalized spacial score (nSPS) is 15.4. The summed E-state index contributed by atoms with van der Waals surface area (Å²) >= 11 is 0. The number of hydrogen-bond donors (Lipinski definition) is 3. The van der Waals surface area contributed by atoms with Crippen molar-refractivity contribution >= 4 is 23.7 Å². The van der Waals surface area contributed by atoms with Crippen molar-refractivity contribution in [2.75, 3.05) is 24.3 Å². The number of likely N-dealkylation sites (tertiary alicyclic amines) is 1. The Morgan fingerprint density at radius 2 is 1.85 bits per heavy atom. The molecule has 40 heavy (non-hydrogen) atoms. The lowest BCUT2D eigenvalue weighted by atomic mass is 10.0. The van der Waals surface area contributed by atoms with E-state index < -0.39 is 23.6 Å². The number of imidazole rings is 1. The minimum absolute atomic E-state index is 0.157. The van der Waals surface area contributed by atoms with E-state index in [4.69, 9.17) is 15.5 Å². The van der Waals surface area contributed by atoms with E-state index in [2.05, 4.69) is 15.7 Å². The number of primary amides is 1. The summed E-state index contributed by atoms with van der Waals surface area (Å²) in [6.45, 7) is 8.01.